The molecule has 3 rings (SSSR count). The van der Waals surface area contributed by atoms with Crippen LogP contribution in [0.2, 0.25) is 0 Å². The highest BCUT2D eigenvalue weighted by atomic mass is 16.5. The van der Waals surface area contributed by atoms with Gasteiger partial charge in [0.05, 0.1) is 6.61 Å². The van der Waals surface area contributed by atoms with Crippen molar-refractivity contribution in [2.75, 3.05) is 6.61 Å². The first-order valence-electron chi connectivity index (χ1n) is 9.23. The van der Waals surface area contributed by atoms with E-state index < -0.39 is 5.97 Å². The molecule has 8 nitrogen and oxygen atoms in total. The number of ether oxygens (including phenoxy) is 2. The number of aryl methyl sites for hydroxylation is 1. The number of aromatic nitrogens is 4. The normalized spacial score (nSPS) is 10.6. The molecule has 0 fully saturated rings. The predicted octanol–water partition coefficient (Wildman–Crippen LogP) is 2.99. The van der Waals surface area contributed by atoms with Crippen molar-refractivity contribution in [2.24, 2.45) is 0 Å². The fourth-order valence-corrected chi connectivity index (χ4v) is 2.66. The summed E-state index contributed by atoms with van der Waals surface area (Å²) in [6.45, 7) is 5.60. The molecule has 0 bridgehead atoms. The van der Waals surface area contributed by atoms with Crippen LogP contribution in [-0.4, -0.2) is 38.6 Å². The van der Waals surface area contributed by atoms with Gasteiger partial charge in [-0.15, -0.1) is 10.2 Å². The van der Waals surface area contributed by atoms with E-state index in [4.69, 9.17) is 9.47 Å². The zero-order valence-corrected chi connectivity index (χ0v) is 16.6. The molecule has 0 aliphatic carbocycles. The summed E-state index contributed by atoms with van der Waals surface area (Å²) >= 11 is 0. The summed E-state index contributed by atoms with van der Waals surface area (Å²) in [4.78, 5) is 25.0. The van der Waals surface area contributed by atoms with Crippen LogP contribution in [0.4, 0.5) is 0 Å². The number of Topliss-reactive ketones (excluding diaryl/α,β-unsaturated/α-hetero) is 1. The van der Waals surface area contributed by atoms with Crippen LogP contribution in [0, 0.1) is 6.92 Å². The molecule has 0 N–H and O–H groups in total. The molecular formula is C21H22N4O4. The number of esters is 1. The molecule has 0 spiro atoms. The van der Waals surface area contributed by atoms with E-state index in [1.807, 2.05) is 38.1 Å². The Labute approximate surface area is 168 Å². The lowest BCUT2D eigenvalue weighted by molar-refractivity contribution is -0.146. The highest BCUT2D eigenvalue weighted by molar-refractivity contribution is 5.94. The van der Waals surface area contributed by atoms with Crippen molar-refractivity contribution in [3.8, 4) is 17.1 Å². The summed E-state index contributed by atoms with van der Waals surface area (Å²) in [6.07, 6.45) is 0. The molecule has 0 atom stereocenters. The molecule has 150 valence electrons. The van der Waals surface area contributed by atoms with Crippen LogP contribution in [0.3, 0.4) is 0 Å². The fourth-order valence-electron chi connectivity index (χ4n) is 2.66. The minimum atomic E-state index is -0.520. The van der Waals surface area contributed by atoms with Crippen LogP contribution in [0.5, 0.6) is 5.75 Å². The zero-order valence-electron chi connectivity index (χ0n) is 16.6. The molecular weight excluding hydrogens is 372 g/mol. The fraction of sp³-hybridized carbons (Fsp3) is 0.286. The average Bonchev–Trinajstić information content (AvgIpc) is 3.16. The number of carbonyl (C=O) groups is 2. The van der Waals surface area contributed by atoms with Gasteiger partial charge in [-0.05, 0) is 44.2 Å². The second-order valence-corrected chi connectivity index (χ2v) is 6.48. The van der Waals surface area contributed by atoms with E-state index in [2.05, 4.69) is 15.4 Å². The van der Waals surface area contributed by atoms with E-state index in [0.717, 1.165) is 11.1 Å². The first kappa shape index (κ1) is 20.2. The van der Waals surface area contributed by atoms with Crippen LogP contribution >= 0.6 is 0 Å². The number of benzene rings is 2. The molecule has 0 unspecified atom stereocenters. The molecule has 1 aromatic heterocycles. The molecule has 3 aromatic rings. The average molecular weight is 394 g/mol. The second kappa shape index (κ2) is 9.09. The summed E-state index contributed by atoms with van der Waals surface area (Å²) < 4.78 is 10.9. The Kier molecular flexibility index (Phi) is 6.33. The highest BCUT2D eigenvalue weighted by Crippen LogP contribution is 2.22. The predicted molar refractivity (Wildman–Crippen MR) is 105 cm³/mol. The Morgan fingerprint density at radius 3 is 2.55 bits per heavy atom. The maximum Gasteiger partial charge on any atom is 0.330 e. The SMILES string of the molecule is CCOc1ccc(C(C)=O)cc1COC(=O)Cn1nnc(-c2ccc(C)cc2)n1. The van der Waals surface area contributed by atoms with E-state index in [0.29, 0.717) is 29.3 Å². The molecule has 0 radical (unpaired) electrons. The number of ketones is 1. The van der Waals surface area contributed by atoms with Crippen molar-refractivity contribution in [1.29, 1.82) is 0 Å². The lowest BCUT2D eigenvalue weighted by Gasteiger charge is -2.12. The second-order valence-electron chi connectivity index (χ2n) is 6.48. The van der Waals surface area contributed by atoms with Crippen LogP contribution in [0.25, 0.3) is 11.4 Å². The van der Waals surface area contributed by atoms with Gasteiger partial charge in [-0.25, -0.2) is 4.79 Å². The maximum absolute atomic E-state index is 12.2. The quantitative estimate of drug-likeness (QED) is 0.428. The van der Waals surface area contributed by atoms with E-state index in [-0.39, 0.29) is 18.9 Å². The first-order valence-corrected chi connectivity index (χ1v) is 9.23. The van der Waals surface area contributed by atoms with Gasteiger partial charge in [0.15, 0.2) is 12.3 Å². The molecule has 0 saturated heterocycles. The van der Waals surface area contributed by atoms with E-state index in [1.165, 1.54) is 11.7 Å². The van der Waals surface area contributed by atoms with E-state index in [9.17, 15) is 9.59 Å². The summed E-state index contributed by atoms with van der Waals surface area (Å²) in [5.74, 6) is 0.418. The van der Waals surface area contributed by atoms with Gasteiger partial charge in [-0.1, -0.05) is 29.8 Å². The summed E-state index contributed by atoms with van der Waals surface area (Å²) in [5.41, 5.74) is 3.10. The van der Waals surface area contributed by atoms with Crippen molar-refractivity contribution in [3.05, 3.63) is 59.2 Å². The monoisotopic (exact) mass is 394 g/mol. The Morgan fingerprint density at radius 2 is 1.86 bits per heavy atom. The van der Waals surface area contributed by atoms with E-state index >= 15 is 0 Å². The van der Waals surface area contributed by atoms with Crippen LogP contribution in [-0.2, 0) is 22.7 Å². The topological polar surface area (TPSA) is 96.2 Å². The van der Waals surface area contributed by atoms with Gasteiger partial charge >= 0.3 is 5.97 Å². The molecule has 0 aliphatic rings. The standard InChI is InChI=1S/C21H22N4O4/c1-4-28-19-10-9-17(15(3)26)11-18(19)13-29-20(27)12-25-23-21(22-24-25)16-7-5-14(2)6-8-16/h5-11H,4,12-13H2,1-3H3. The van der Waals surface area contributed by atoms with E-state index in [1.54, 1.807) is 18.2 Å². The number of carbonyl (C=O) groups excluding carboxylic acids is 2. The van der Waals surface area contributed by atoms with Crippen LogP contribution in [0.1, 0.15) is 35.3 Å². The third-order valence-corrected chi connectivity index (χ3v) is 4.19. The molecule has 0 amide bonds. The molecule has 8 heteroatoms. The molecule has 0 aliphatic heterocycles. The highest BCUT2D eigenvalue weighted by Gasteiger charge is 2.13. The van der Waals surface area contributed by atoms with Gasteiger partial charge in [-0.3, -0.25) is 4.79 Å². The molecule has 2 aromatic carbocycles. The minimum absolute atomic E-state index is 0.0190. The number of hydrogen-bond acceptors (Lipinski definition) is 7. The number of tetrazole rings is 1. The third-order valence-electron chi connectivity index (χ3n) is 4.19. The minimum Gasteiger partial charge on any atom is -0.493 e. The molecule has 29 heavy (non-hydrogen) atoms. The smallest absolute Gasteiger partial charge is 0.330 e. The first-order chi connectivity index (χ1) is 14.0. The Hall–Kier alpha value is -3.55. The molecule has 1 heterocycles. The number of rotatable bonds is 8. The lowest BCUT2D eigenvalue weighted by atomic mass is 10.1. The lowest BCUT2D eigenvalue weighted by Crippen LogP contribution is -2.16. The largest absolute Gasteiger partial charge is 0.493 e. The van der Waals surface area contributed by atoms with Gasteiger partial charge in [0, 0.05) is 16.7 Å². The summed E-state index contributed by atoms with van der Waals surface area (Å²) in [7, 11) is 0. The Bertz CT molecular complexity index is 1010. The summed E-state index contributed by atoms with van der Waals surface area (Å²) in [5, 5.41) is 12.1. The summed E-state index contributed by atoms with van der Waals surface area (Å²) in [6, 6.07) is 12.8. The van der Waals surface area contributed by atoms with Crippen molar-refractivity contribution in [2.45, 2.75) is 33.9 Å². The van der Waals surface area contributed by atoms with Crippen molar-refractivity contribution in [1.82, 2.24) is 20.2 Å². The van der Waals surface area contributed by atoms with Crippen molar-refractivity contribution < 1.29 is 19.1 Å². The van der Waals surface area contributed by atoms with Gasteiger partial charge in [0.1, 0.15) is 12.4 Å². The Balaban J connectivity index is 1.64. The zero-order chi connectivity index (χ0) is 20.8. The van der Waals surface area contributed by atoms with Gasteiger partial charge in [-0.2, -0.15) is 4.80 Å². The van der Waals surface area contributed by atoms with Gasteiger partial charge < -0.3 is 9.47 Å². The number of hydrogen-bond donors (Lipinski definition) is 0. The Morgan fingerprint density at radius 1 is 1.10 bits per heavy atom. The third kappa shape index (κ3) is 5.25. The van der Waals surface area contributed by atoms with Crippen LogP contribution < -0.4 is 4.74 Å². The van der Waals surface area contributed by atoms with Gasteiger partial charge in [0.2, 0.25) is 5.82 Å². The maximum atomic E-state index is 12.2. The van der Waals surface area contributed by atoms with Gasteiger partial charge in [0.25, 0.3) is 0 Å². The van der Waals surface area contributed by atoms with Crippen molar-refractivity contribution in [3.63, 3.8) is 0 Å². The van der Waals surface area contributed by atoms with Crippen LogP contribution in [0.15, 0.2) is 42.5 Å². The van der Waals surface area contributed by atoms with Crippen molar-refractivity contribution >= 4 is 11.8 Å². The molecule has 0 saturated carbocycles. The number of nitrogens with zero attached hydrogens (tertiary/aromatic N) is 4.